The highest BCUT2D eigenvalue weighted by Gasteiger charge is 2.32. The highest BCUT2D eigenvalue weighted by molar-refractivity contribution is 5.44. The summed E-state index contributed by atoms with van der Waals surface area (Å²) >= 11 is 0. The van der Waals surface area contributed by atoms with Crippen LogP contribution in [0.15, 0.2) is 48.5 Å². The molecule has 1 unspecified atom stereocenters. The maximum absolute atomic E-state index is 10.9. The Morgan fingerprint density at radius 1 is 0.952 bits per heavy atom. The Kier molecular flexibility index (Phi) is 4.53. The van der Waals surface area contributed by atoms with Crippen LogP contribution in [0.1, 0.15) is 31.1 Å². The normalized spacial score (nSPS) is 12.8. The van der Waals surface area contributed by atoms with Crippen LogP contribution < -0.4 is 9.47 Å². The summed E-state index contributed by atoms with van der Waals surface area (Å²) < 4.78 is 10.6. The van der Waals surface area contributed by atoms with Crippen molar-refractivity contribution in [1.29, 1.82) is 0 Å². The van der Waals surface area contributed by atoms with Gasteiger partial charge in [0.2, 0.25) is 0 Å². The van der Waals surface area contributed by atoms with Gasteiger partial charge in [0, 0.05) is 17.0 Å². The van der Waals surface area contributed by atoms with Crippen molar-refractivity contribution in [1.82, 2.24) is 0 Å². The average molecular weight is 286 g/mol. The standard InChI is InChI=1S/C18H22O3/c1-18(2,13-8-6-5-7-9-13)17(19)15-11-10-14(20-3)12-16(15)21-4/h5-12,17,19H,1-4H3. The fraction of sp³-hybridized carbons (Fsp3) is 0.333. The summed E-state index contributed by atoms with van der Waals surface area (Å²) in [4.78, 5) is 0. The van der Waals surface area contributed by atoms with Crippen LogP contribution in [0.2, 0.25) is 0 Å². The molecule has 2 aromatic carbocycles. The van der Waals surface area contributed by atoms with E-state index in [0.717, 1.165) is 11.1 Å². The zero-order valence-corrected chi connectivity index (χ0v) is 13.0. The summed E-state index contributed by atoms with van der Waals surface area (Å²) in [6.07, 6.45) is -0.680. The van der Waals surface area contributed by atoms with Crippen LogP contribution in [0.5, 0.6) is 11.5 Å². The SMILES string of the molecule is COc1ccc(C(O)C(C)(C)c2ccccc2)c(OC)c1. The Hall–Kier alpha value is -2.00. The summed E-state index contributed by atoms with van der Waals surface area (Å²) in [5.41, 5.74) is 1.41. The van der Waals surface area contributed by atoms with Gasteiger partial charge in [0.15, 0.2) is 0 Å². The van der Waals surface area contributed by atoms with E-state index < -0.39 is 11.5 Å². The number of ether oxygens (including phenoxy) is 2. The number of aliphatic hydroxyl groups excluding tert-OH is 1. The monoisotopic (exact) mass is 286 g/mol. The quantitative estimate of drug-likeness (QED) is 0.910. The van der Waals surface area contributed by atoms with Crippen LogP contribution in [-0.2, 0) is 5.41 Å². The Balaban J connectivity index is 2.41. The first kappa shape index (κ1) is 15.4. The van der Waals surface area contributed by atoms with Gasteiger partial charge in [-0.05, 0) is 17.7 Å². The molecule has 0 spiro atoms. The molecular weight excluding hydrogens is 264 g/mol. The predicted octanol–water partition coefficient (Wildman–Crippen LogP) is 3.72. The molecule has 0 saturated carbocycles. The Morgan fingerprint density at radius 2 is 1.62 bits per heavy atom. The Bertz CT molecular complexity index is 591. The van der Waals surface area contributed by atoms with Crippen LogP contribution in [0.3, 0.4) is 0 Å². The molecule has 0 bridgehead atoms. The first-order valence-electron chi connectivity index (χ1n) is 6.96. The van der Waals surface area contributed by atoms with Gasteiger partial charge in [-0.3, -0.25) is 0 Å². The minimum atomic E-state index is -0.680. The van der Waals surface area contributed by atoms with Crippen molar-refractivity contribution in [3.63, 3.8) is 0 Å². The van der Waals surface area contributed by atoms with E-state index in [1.54, 1.807) is 20.3 Å². The molecule has 0 saturated heterocycles. The number of methoxy groups -OCH3 is 2. The van der Waals surface area contributed by atoms with Gasteiger partial charge in [-0.2, -0.15) is 0 Å². The molecule has 0 amide bonds. The molecule has 0 aromatic heterocycles. The highest BCUT2D eigenvalue weighted by Crippen LogP contribution is 2.41. The minimum absolute atomic E-state index is 0.427. The van der Waals surface area contributed by atoms with E-state index in [1.165, 1.54) is 0 Å². The molecule has 0 fully saturated rings. The molecule has 0 aliphatic heterocycles. The molecule has 112 valence electrons. The topological polar surface area (TPSA) is 38.7 Å². The van der Waals surface area contributed by atoms with Crippen molar-refractivity contribution in [2.45, 2.75) is 25.4 Å². The molecule has 0 heterocycles. The van der Waals surface area contributed by atoms with Crippen molar-refractivity contribution in [3.05, 3.63) is 59.7 Å². The lowest BCUT2D eigenvalue weighted by molar-refractivity contribution is 0.0974. The van der Waals surface area contributed by atoms with Crippen LogP contribution in [-0.4, -0.2) is 19.3 Å². The lowest BCUT2D eigenvalue weighted by Gasteiger charge is -2.32. The molecule has 2 aromatic rings. The highest BCUT2D eigenvalue weighted by atomic mass is 16.5. The number of hydrogen-bond donors (Lipinski definition) is 1. The van der Waals surface area contributed by atoms with Crippen molar-refractivity contribution < 1.29 is 14.6 Å². The second-order valence-electron chi connectivity index (χ2n) is 5.60. The van der Waals surface area contributed by atoms with Crippen molar-refractivity contribution in [2.24, 2.45) is 0 Å². The van der Waals surface area contributed by atoms with Gasteiger partial charge in [0.25, 0.3) is 0 Å². The minimum Gasteiger partial charge on any atom is -0.497 e. The number of hydrogen-bond acceptors (Lipinski definition) is 3. The Labute approximate surface area is 126 Å². The third kappa shape index (κ3) is 3.03. The first-order chi connectivity index (χ1) is 10.0. The van der Waals surface area contributed by atoms with Crippen LogP contribution >= 0.6 is 0 Å². The van der Waals surface area contributed by atoms with Crippen molar-refractivity contribution >= 4 is 0 Å². The average Bonchev–Trinajstić information content (AvgIpc) is 2.54. The Morgan fingerprint density at radius 3 is 2.19 bits per heavy atom. The second kappa shape index (κ2) is 6.19. The summed E-state index contributed by atoms with van der Waals surface area (Å²) in [6, 6.07) is 15.5. The first-order valence-corrected chi connectivity index (χ1v) is 6.96. The van der Waals surface area contributed by atoms with E-state index in [4.69, 9.17) is 9.47 Å². The van der Waals surface area contributed by atoms with Crippen molar-refractivity contribution in [3.8, 4) is 11.5 Å². The number of rotatable bonds is 5. The number of benzene rings is 2. The third-order valence-corrected chi connectivity index (χ3v) is 3.94. The third-order valence-electron chi connectivity index (χ3n) is 3.94. The lowest BCUT2D eigenvalue weighted by Crippen LogP contribution is -2.27. The molecule has 1 atom stereocenters. The van der Waals surface area contributed by atoms with E-state index in [9.17, 15) is 5.11 Å². The van der Waals surface area contributed by atoms with Crippen molar-refractivity contribution in [2.75, 3.05) is 14.2 Å². The summed E-state index contributed by atoms with van der Waals surface area (Å²) in [7, 11) is 3.21. The molecule has 21 heavy (non-hydrogen) atoms. The van der Waals surface area contributed by atoms with Gasteiger partial charge in [-0.15, -0.1) is 0 Å². The molecule has 2 rings (SSSR count). The summed E-state index contributed by atoms with van der Waals surface area (Å²) in [6.45, 7) is 4.05. The second-order valence-corrected chi connectivity index (χ2v) is 5.60. The van der Waals surface area contributed by atoms with Gasteiger partial charge < -0.3 is 14.6 Å². The van der Waals surface area contributed by atoms with Gasteiger partial charge in [0.05, 0.1) is 20.3 Å². The van der Waals surface area contributed by atoms with E-state index in [2.05, 4.69) is 0 Å². The molecule has 0 aliphatic carbocycles. The zero-order chi connectivity index (χ0) is 15.5. The van der Waals surface area contributed by atoms with E-state index in [1.807, 2.05) is 56.3 Å². The maximum atomic E-state index is 10.9. The summed E-state index contributed by atoms with van der Waals surface area (Å²) in [5.74, 6) is 1.34. The predicted molar refractivity (Wildman–Crippen MR) is 84.0 cm³/mol. The molecule has 0 radical (unpaired) electrons. The van der Waals surface area contributed by atoms with E-state index in [0.29, 0.717) is 11.5 Å². The summed E-state index contributed by atoms with van der Waals surface area (Å²) in [5, 5.41) is 10.9. The molecular formula is C18H22O3. The molecule has 3 heteroatoms. The van der Waals surface area contributed by atoms with E-state index >= 15 is 0 Å². The van der Waals surface area contributed by atoms with Gasteiger partial charge in [-0.1, -0.05) is 44.2 Å². The van der Waals surface area contributed by atoms with Gasteiger partial charge in [0.1, 0.15) is 11.5 Å². The maximum Gasteiger partial charge on any atom is 0.128 e. The smallest absolute Gasteiger partial charge is 0.128 e. The zero-order valence-electron chi connectivity index (χ0n) is 13.0. The number of aliphatic hydroxyl groups is 1. The van der Waals surface area contributed by atoms with Gasteiger partial charge >= 0.3 is 0 Å². The van der Waals surface area contributed by atoms with Crippen LogP contribution in [0.25, 0.3) is 0 Å². The molecule has 1 N–H and O–H groups in total. The fourth-order valence-electron chi connectivity index (χ4n) is 2.46. The largest absolute Gasteiger partial charge is 0.497 e. The van der Waals surface area contributed by atoms with Crippen LogP contribution in [0, 0.1) is 0 Å². The molecule has 3 nitrogen and oxygen atoms in total. The van der Waals surface area contributed by atoms with E-state index in [-0.39, 0.29) is 0 Å². The molecule has 0 aliphatic rings. The van der Waals surface area contributed by atoms with Gasteiger partial charge in [-0.25, -0.2) is 0 Å². The van der Waals surface area contributed by atoms with Crippen LogP contribution in [0.4, 0.5) is 0 Å². The fourth-order valence-corrected chi connectivity index (χ4v) is 2.46. The lowest BCUT2D eigenvalue weighted by atomic mass is 9.76.